The van der Waals surface area contributed by atoms with Crippen LogP contribution in [-0.4, -0.2) is 12.6 Å². The predicted octanol–water partition coefficient (Wildman–Crippen LogP) is 3.90. The molecule has 1 aliphatic carbocycles. The Bertz CT molecular complexity index is 436. The van der Waals surface area contributed by atoms with Crippen LogP contribution >= 0.6 is 0 Å². The molecule has 3 nitrogen and oxygen atoms in total. The molecule has 1 aromatic rings. The minimum atomic E-state index is 0.167. The van der Waals surface area contributed by atoms with Gasteiger partial charge in [-0.3, -0.25) is 0 Å². The number of ether oxygens (including phenoxy) is 1. The molecule has 1 saturated carbocycles. The highest BCUT2D eigenvalue weighted by Crippen LogP contribution is 2.51. The van der Waals surface area contributed by atoms with Crippen LogP contribution in [0.3, 0.4) is 0 Å². The maximum atomic E-state index is 5.93. The van der Waals surface area contributed by atoms with Gasteiger partial charge in [-0.1, -0.05) is 13.8 Å². The number of anilines is 2. The van der Waals surface area contributed by atoms with Crippen LogP contribution in [0.1, 0.15) is 40.5 Å². The first-order valence-electron chi connectivity index (χ1n) is 7.22. The summed E-state index contributed by atoms with van der Waals surface area (Å²) in [6.45, 7) is 9.68. The van der Waals surface area contributed by atoms with Gasteiger partial charge in [0, 0.05) is 30.1 Å². The molecule has 0 heterocycles. The zero-order valence-corrected chi connectivity index (χ0v) is 12.5. The normalized spacial score (nSPS) is 16.7. The van der Waals surface area contributed by atoms with E-state index in [2.05, 4.69) is 19.2 Å². The molecular weight excluding hydrogens is 236 g/mol. The van der Waals surface area contributed by atoms with E-state index in [0.717, 1.165) is 29.6 Å². The van der Waals surface area contributed by atoms with Crippen LogP contribution in [-0.2, 0) is 0 Å². The van der Waals surface area contributed by atoms with Crippen molar-refractivity contribution in [1.29, 1.82) is 0 Å². The van der Waals surface area contributed by atoms with Crippen LogP contribution in [0.5, 0.6) is 5.75 Å². The van der Waals surface area contributed by atoms with E-state index in [0.29, 0.717) is 5.41 Å². The predicted molar refractivity (Wildman–Crippen MR) is 81.6 cm³/mol. The van der Waals surface area contributed by atoms with Crippen LogP contribution in [0.25, 0.3) is 0 Å². The van der Waals surface area contributed by atoms with Crippen LogP contribution in [0.15, 0.2) is 18.2 Å². The topological polar surface area (TPSA) is 47.3 Å². The van der Waals surface area contributed by atoms with Crippen molar-refractivity contribution in [1.82, 2.24) is 0 Å². The van der Waals surface area contributed by atoms with Crippen LogP contribution < -0.4 is 15.8 Å². The van der Waals surface area contributed by atoms with Crippen molar-refractivity contribution in [3.63, 3.8) is 0 Å². The van der Waals surface area contributed by atoms with Gasteiger partial charge in [0.05, 0.1) is 6.10 Å². The summed E-state index contributed by atoms with van der Waals surface area (Å²) in [5, 5.41) is 3.52. The Hall–Kier alpha value is -1.38. The minimum absolute atomic E-state index is 0.167. The molecule has 0 atom stereocenters. The van der Waals surface area contributed by atoms with Crippen molar-refractivity contribution in [2.75, 3.05) is 17.6 Å². The molecule has 0 saturated heterocycles. The highest BCUT2D eigenvalue weighted by atomic mass is 16.5. The molecule has 0 aromatic heterocycles. The first-order valence-corrected chi connectivity index (χ1v) is 7.22. The van der Waals surface area contributed by atoms with E-state index in [1.807, 2.05) is 32.0 Å². The fourth-order valence-corrected chi connectivity index (χ4v) is 2.46. The van der Waals surface area contributed by atoms with Crippen LogP contribution in [0.4, 0.5) is 11.4 Å². The maximum absolute atomic E-state index is 5.93. The Kier molecular flexibility index (Phi) is 3.93. The van der Waals surface area contributed by atoms with Gasteiger partial charge in [0.25, 0.3) is 0 Å². The largest absolute Gasteiger partial charge is 0.491 e. The van der Waals surface area contributed by atoms with Crippen LogP contribution in [0.2, 0.25) is 0 Å². The zero-order valence-electron chi connectivity index (χ0n) is 12.5. The Morgan fingerprint density at radius 2 is 1.89 bits per heavy atom. The molecule has 0 aliphatic heterocycles. The summed E-state index contributed by atoms with van der Waals surface area (Å²) < 4.78 is 5.71. The van der Waals surface area contributed by atoms with Gasteiger partial charge in [-0.25, -0.2) is 0 Å². The fourth-order valence-electron chi connectivity index (χ4n) is 2.46. The third-order valence-electron chi connectivity index (χ3n) is 4.06. The number of benzene rings is 1. The number of rotatable bonds is 6. The Labute approximate surface area is 116 Å². The zero-order chi connectivity index (χ0) is 14.0. The molecule has 1 aliphatic rings. The van der Waals surface area contributed by atoms with Gasteiger partial charge in [-0.2, -0.15) is 0 Å². The third-order valence-corrected chi connectivity index (χ3v) is 4.06. The minimum Gasteiger partial charge on any atom is -0.491 e. The second-order valence-corrected chi connectivity index (χ2v) is 6.33. The Morgan fingerprint density at radius 1 is 1.21 bits per heavy atom. The monoisotopic (exact) mass is 262 g/mol. The molecule has 3 heteroatoms. The van der Waals surface area contributed by atoms with Gasteiger partial charge in [-0.15, -0.1) is 0 Å². The van der Waals surface area contributed by atoms with Crippen molar-refractivity contribution in [3.05, 3.63) is 18.2 Å². The first-order chi connectivity index (χ1) is 8.91. The summed E-state index contributed by atoms with van der Waals surface area (Å²) in [5.41, 5.74) is 8.22. The lowest BCUT2D eigenvalue weighted by Gasteiger charge is -2.21. The molecule has 106 valence electrons. The number of hydrogen-bond donors (Lipinski definition) is 2. The van der Waals surface area contributed by atoms with E-state index in [4.69, 9.17) is 10.5 Å². The summed E-state index contributed by atoms with van der Waals surface area (Å²) in [5.74, 6) is 1.57. The summed E-state index contributed by atoms with van der Waals surface area (Å²) in [7, 11) is 0. The number of nitrogens with one attached hydrogen (secondary N) is 1. The van der Waals surface area contributed by atoms with Gasteiger partial charge in [0.1, 0.15) is 5.75 Å². The summed E-state index contributed by atoms with van der Waals surface area (Å²) in [4.78, 5) is 0. The summed E-state index contributed by atoms with van der Waals surface area (Å²) in [6, 6.07) is 5.89. The molecule has 19 heavy (non-hydrogen) atoms. The van der Waals surface area contributed by atoms with E-state index in [-0.39, 0.29) is 6.10 Å². The molecule has 2 rings (SSSR count). The standard InChI is InChI=1S/C16H26N2O/c1-11(2)16(5-6-16)10-18-14-7-13(17)8-15(9-14)19-12(3)4/h7-9,11-12,18H,5-6,10,17H2,1-4H3. The molecule has 3 N–H and O–H groups in total. The van der Waals surface area contributed by atoms with E-state index in [1.165, 1.54) is 12.8 Å². The highest BCUT2D eigenvalue weighted by Gasteiger charge is 2.44. The average molecular weight is 262 g/mol. The third kappa shape index (κ3) is 3.55. The lowest BCUT2D eigenvalue weighted by atomic mass is 9.92. The molecular formula is C16H26N2O. The number of hydrogen-bond acceptors (Lipinski definition) is 3. The number of nitrogen functional groups attached to an aromatic ring is 1. The van der Waals surface area contributed by atoms with Crippen LogP contribution in [0, 0.1) is 11.3 Å². The van der Waals surface area contributed by atoms with Crippen molar-refractivity contribution >= 4 is 11.4 Å². The van der Waals surface area contributed by atoms with Gasteiger partial charge >= 0.3 is 0 Å². The maximum Gasteiger partial charge on any atom is 0.123 e. The van der Waals surface area contributed by atoms with Crippen molar-refractivity contribution in [3.8, 4) is 5.75 Å². The smallest absolute Gasteiger partial charge is 0.123 e. The molecule has 0 unspecified atom stereocenters. The molecule has 1 fully saturated rings. The summed E-state index contributed by atoms with van der Waals surface area (Å²) >= 11 is 0. The Balaban J connectivity index is 2.02. The van der Waals surface area contributed by atoms with Gasteiger partial charge in [-0.05, 0) is 44.1 Å². The fraction of sp³-hybridized carbons (Fsp3) is 0.625. The van der Waals surface area contributed by atoms with E-state index in [9.17, 15) is 0 Å². The van der Waals surface area contributed by atoms with E-state index < -0.39 is 0 Å². The quantitative estimate of drug-likeness (QED) is 0.764. The van der Waals surface area contributed by atoms with Crippen molar-refractivity contribution < 1.29 is 4.74 Å². The second-order valence-electron chi connectivity index (χ2n) is 6.33. The van der Waals surface area contributed by atoms with E-state index >= 15 is 0 Å². The first kappa shape index (κ1) is 14.0. The lowest BCUT2D eigenvalue weighted by molar-refractivity contribution is 0.242. The van der Waals surface area contributed by atoms with Crippen molar-refractivity contribution in [2.45, 2.75) is 46.6 Å². The molecule has 0 bridgehead atoms. The lowest BCUT2D eigenvalue weighted by Crippen LogP contribution is -2.21. The molecule has 0 amide bonds. The average Bonchev–Trinajstić information content (AvgIpc) is 3.05. The second kappa shape index (κ2) is 5.32. The molecule has 0 radical (unpaired) electrons. The molecule has 1 aromatic carbocycles. The molecule has 0 spiro atoms. The van der Waals surface area contributed by atoms with E-state index in [1.54, 1.807) is 0 Å². The van der Waals surface area contributed by atoms with Gasteiger partial charge < -0.3 is 15.8 Å². The SMILES string of the molecule is CC(C)Oc1cc(N)cc(NCC2(C(C)C)CC2)c1. The number of nitrogens with two attached hydrogens (primary N) is 1. The Morgan fingerprint density at radius 3 is 2.42 bits per heavy atom. The van der Waals surface area contributed by atoms with Gasteiger partial charge in [0.15, 0.2) is 0 Å². The highest BCUT2D eigenvalue weighted by molar-refractivity contribution is 5.59. The summed E-state index contributed by atoms with van der Waals surface area (Å²) in [6.07, 6.45) is 2.82. The van der Waals surface area contributed by atoms with Gasteiger partial charge in [0.2, 0.25) is 0 Å². The van der Waals surface area contributed by atoms with Crippen molar-refractivity contribution in [2.24, 2.45) is 11.3 Å².